The van der Waals surface area contributed by atoms with E-state index in [0.717, 1.165) is 25.7 Å². The van der Waals surface area contributed by atoms with Gasteiger partial charge in [0.1, 0.15) is 25.3 Å². The lowest BCUT2D eigenvalue weighted by molar-refractivity contribution is -0.760. The fourth-order valence-corrected chi connectivity index (χ4v) is 5.22. The topological polar surface area (TPSA) is 221 Å². The van der Waals surface area contributed by atoms with Gasteiger partial charge in [-0.25, -0.2) is 0 Å². The fourth-order valence-electron chi connectivity index (χ4n) is 2.89. The third-order valence-electron chi connectivity index (χ3n) is 5.75. The highest BCUT2D eigenvalue weighted by Crippen LogP contribution is 2.25. The van der Waals surface area contributed by atoms with Gasteiger partial charge in [0.15, 0.2) is 0 Å². The number of carbonyl (C=O) groups is 4. The van der Waals surface area contributed by atoms with Crippen molar-refractivity contribution in [3.05, 3.63) is 20.2 Å². The molecule has 4 amide bonds. The van der Waals surface area contributed by atoms with Gasteiger partial charge in [0.25, 0.3) is 10.2 Å². The van der Waals surface area contributed by atoms with Crippen LogP contribution in [0.5, 0.6) is 0 Å². The van der Waals surface area contributed by atoms with Crippen molar-refractivity contribution >= 4 is 45.2 Å². The predicted octanol–water partition coefficient (Wildman–Crippen LogP) is 1.64. The van der Waals surface area contributed by atoms with Gasteiger partial charge in [-0.15, -0.1) is 20.2 Å². The number of unbranched alkanes of at least 4 members (excludes halogenated alkanes) is 2. The van der Waals surface area contributed by atoms with Crippen molar-refractivity contribution in [3.8, 4) is 0 Å². The van der Waals surface area contributed by atoms with Crippen LogP contribution in [0, 0.1) is 31.1 Å². The molecule has 0 aliphatic carbocycles. The van der Waals surface area contributed by atoms with Crippen LogP contribution in [0.15, 0.2) is 0 Å². The summed E-state index contributed by atoms with van der Waals surface area (Å²) in [5.74, 6) is -1.95. The second kappa shape index (κ2) is 20.0. The molecule has 0 aromatic carbocycles. The van der Waals surface area contributed by atoms with E-state index in [0.29, 0.717) is 13.1 Å². The fraction of sp³-hybridized carbons (Fsp3) is 0.833. The summed E-state index contributed by atoms with van der Waals surface area (Å²) in [7, 11) is 2.36. The van der Waals surface area contributed by atoms with E-state index in [1.165, 1.54) is 49.3 Å². The molecule has 0 rings (SSSR count). The van der Waals surface area contributed by atoms with E-state index in [1.807, 2.05) is 13.8 Å². The van der Waals surface area contributed by atoms with Gasteiger partial charge in [0.05, 0.1) is 10.8 Å². The molecule has 2 atom stereocenters. The molecule has 0 saturated heterocycles. The minimum Gasteiger partial charge on any atom is -0.354 e. The van der Waals surface area contributed by atoms with E-state index in [-0.39, 0.29) is 11.5 Å². The zero-order valence-corrected chi connectivity index (χ0v) is 26.7. The number of carbonyl (C=O) groups excluding carboxylic acids is 4. The third-order valence-corrected chi connectivity index (χ3v) is 8.17. The van der Waals surface area contributed by atoms with Crippen molar-refractivity contribution < 1.29 is 39.0 Å². The van der Waals surface area contributed by atoms with Crippen LogP contribution >= 0.6 is 21.6 Å². The second-order valence-corrected chi connectivity index (χ2v) is 13.2. The van der Waals surface area contributed by atoms with Crippen LogP contribution in [0.3, 0.4) is 0 Å². The molecule has 0 radical (unpaired) electrons. The first-order chi connectivity index (χ1) is 19.6. The maximum Gasteiger partial charge on any atom is 0.294 e. The van der Waals surface area contributed by atoms with Crippen LogP contribution in [0.1, 0.15) is 67.2 Å². The Kier molecular flexibility index (Phi) is 18.5. The Morgan fingerprint density at radius 3 is 1.33 bits per heavy atom. The Hall–Kier alpha value is -3.02. The van der Waals surface area contributed by atoms with Crippen LogP contribution in [-0.2, 0) is 28.9 Å². The van der Waals surface area contributed by atoms with Gasteiger partial charge in [0.2, 0.25) is 23.6 Å². The van der Waals surface area contributed by atoms with E-state index in [1.54, 1.807) is 0 Å². The lowest BCUT2D eigenvalue weighted by Gasteiger charge is -2.27. The van der Waals surface area contributed by atoms with Gasteiger partial charge in [-0.1, -0.05) is 48.3 Å². The number of nitrogens with zero attached hydrogens (tertiary/aromatic N) is 2. The third kappa shape index (κ3) is 16.4. The number of nitrogens with one attached hydrogen (secondary N) is 4. The molecule has 0 aromatic rings. The van der Waals surface area contributed by atoms with Gasteiger partial charge in [-0.3, -0.25) is 19.2 Å². The summed E-state index contributed by atoms with van der Waals surface area (Å²) < 4.78 is 0. The first kappa shape index (κ1) is 39.0. The van der Waals surface area contributed by atoms with Gasteiger partial charge in [-0.2, -0.15) is 0 Å². The van der Waals surface area contributed by atoms with Crippen molar-refractivity contribution in [1.29, 1.82) is 0 Å². The van der Waals surface area contributed by atoms with Crippen molar-refractivity contribution in [2.24, 2.45) is 10.8 Å². The summed E-state index contributed by atoms with van der Waals surface area (Å²) in [5, 5.41) is 29.9. The molecule has 0 aliphatic heterocycles. The molecule has 16 nitrogen and oxygen atoms in total. The first-order valence-electron chi connectivity index (χ1n) is 13.5. The summed E-state index contributed by atoms with van der Waals surface area (Å²) in [6.07, 6.45) is 3.15. The van der Waals surface area contributed by atoms with Crippen molar-refractivity contribution in [2.75, 3.05) is 37.8 Å². The summed E-state index contributed by atoms with van der Waals surface area (Å²) in [6, 6.07) is -1.99. The molecule has 0 bridgehead atoms. The predicted molar refractivity (Wildman–Crippen MR) is 158 cm³/mol. The molecule has 18 heteroatoms. The van der Waals surface area contributed by atoms with Crippen LogP contribution < -0.4 is 21.3 Å². The summed E-state index contributed by atoms with van der Waals surface area (Å²) in [4.78, 5) is 81.2. The van der Waals surface area contributed by atoms with Crippen LogP contribution in [0.4, 0.5) is 0 Å². The Labute approximate surface area is 253 Å². The molecule has 242 valence electrons. The number of hydrogen-bond acceptors (Lipinski definition) is 12. The van der Waals surface area contributed by atoms with Crippen molar-refractivity contribution in [3.63, 3.8) is 0 Å². The van der Waals surface area contributed by atoms with E-state index in [4.69, 9.17) is 0 Å². The van der Waals surface area contributed by atoms with E-state index in [2.05, 4.69) is 30.9 Å². The second-order valence-electron chi connectivity index (χ2n) is 10.7. The summed E-state index contributed by atoms with van der Waals surface area (Å²) >= 11 is 0. The number of hydrogen-bond donors (Lipinski definition) is 4. The van der Waals surface area contributed by atoms with Crippen LogP contribution in [-0.4, -0.2) is 83.7 Å². The maximum atomic E-state index is 12.8. The van der Waals surface area contributed by atoms with E-state index < -0.39 is 69.9 Å². The molecule has 4 N–H and O–H groups in total. The molecule has 0 saturated carbocycles. The number of amides is 4. The molecule has 0 heterocycles. The lowest BCUT2D eigenvalue weighted by atomic mass is 9.93. The van der Waals surface area contributed by atoms with Crippen molar-refractivity contribution in [2.45, 2.75) is 79.3 Å². The van der Waals surface area contributed by atoms with Gasteiger partial charge < -0.3 is 30.9 Å². The molecule has 0 unspecified atom stereocenters. The first-order valence-corrected chi connectivity index (χ1v) is 16.0. The minimum absolute atomic E-state index is 0.0842. The molecule has 0 spiro atoms. The highest BCUT2D eigenvalue weighted by molar-refractivity contribution is 8.76. The average molecular weight is 641 g/mol. The highest BCUT2D eigenvalue weighted by atomic mass is 33.1. The Bertz CT molecular complexity index is 850. The Morgan fingerprint density at radius 2 is 1.05 bits per heavy atom. The molecular formula is C24H44N6O10S2. The van der Waals surface area contributed by atoms with Crippen molar-refractivity contribution in [1.82, 2.24) is 21.3 Å². The van der Waals surface area contributed by atoms with Gasteiger partial charge in [0, 0.05) is 24.6 Å². The highest BCUT2D eigenvalue weighted by Gasteiger charge is 2.34. The monoisotopic (exact) mass is 640 g/mol. The molecule has 42 heavy (non-hydrogen) atoms. The maximum absolute atomic E-state index is 12.8. The quantitative estimate of drug-likeness (QED) is 0.0542. The largest absolute Gasteiger partial charge is 0.354 e. The van der Waals surface area contributed by atoms with Crippen LogP contribution in [0.25, 0.3) is 0 Å². The zero-order valence-electron chi connectivity index (χ0n) is 25.0. The average Bonchev–Trinajstić information content (AvgIpc) is 2.91. The molecule has 0 aliphatic rings. The van der Waals surface area contributed by atoms with E-state index >= 15 is 0 Å². The summed E-state index contributed by atoms with van der Waals surface area (Å²) in [6.45, 7) is 9.49. The molecular weight excluding hydrogens is 596 g/mol. The Balaban J connectivity index is 5.44. The Morgan fingerprint density at radius 1 is 0.714 bits per heavy atom. The zero-order chi connectivity index (χ0) is 32.3. The van der Waals surface area contributed by atoms with Gasteiger partial charge >= 0.3 is 0 Å². The lowest BCUT2D eigenvalue weighted by Crippen LogP contribution is -2.53. The summed E-state index contributed by atoms with van der Waals surface area (Å²) in [5.41, 5.74) is -2.60. The smallest absolute Gasteiger partial charge is 0.294 e. The SMILES string of the molecule is CCCCNC(=O)[C@@H](CSSC[C@@H](NC(=O)C(C)(C)CO[N+](=O)[O-])C(=O)NCCCC)NC(=O)C(C)(C)CO[N+](=O)[O-]. The van der Waals surface area contributed by atoms with E-state index in [9.17, 15) is 39.4 Å². The minimum atomic E-state index is -1.30. The van der Waals surface area contributed by atoms with Crippen LogP contribution in [0.2, 0.25) is 0 Å². The van der Waals surface area contributed by atoms with Gasteiger partial charge in [-0.05, 0) is 40.5 Å². The molecule has 0 aromatic heterocycles. The molecule has 0 fully saturated rings. The normalized spacial score (nSPS) is 12.8. The standard InChI is InChI=1S/C24H44N6O10S2/c1-7-9-11-25-19(31)17(27-21(33)23(3,4)15-39-29(35)36)13-41-42-14-18(20(32)26-12-10-8-2)28-22(34)24(5,6)16-40-30(37)38/h17-18H,7-16H2,1-6H3,(H,25,31)(H,26,32)(H,27,33)(H,28,34)/t17-,18-/m1/s1. The number of rotatable bonds is 23.